The predicted molar refractivity (Wildman–Crippen MR) is 69.6 cm³/mol. The number of likely N-dealkylation sites (N-methyl/N-ethyl adjacent to an activating group) is 1. The zero-order valence-corrected chi connectivity index (χ0v) is 10.7. The normalized spacial score (nSPS) is 23.5. The second kappa shape index (κ2) is 5.34. The Morgan fingerprint density at radius 2 is 2.53 bits per heavy atom. The summed E-state index contributed by atoms with van der Waals surface area (Å²) >= 11 is 3.87. The first-order valence-corrected chi connectivity index (χ1v) is 7.39. The molecule has 1 fully saturated rings. The average Bonchev–Trinajstić information content (AvgIpc) is 2.91. The second-order valence-corrected chi connectivity index (χ2v) is 6.08. The third-order valence-electron chi connectivity index (χ3n) is 3.07. The minimum atomic E-state index is 0.411. The van der Waals surface area contributed by atoms with Crippen LogP contribution < -0.4 is 5.73 Å². The van der Waals surface area contributed by atoms with Crippen LogP contribution in [0.25, 0.3) is 0 Å². The summed E-state index contributed by atoms with van der Waals surface area (Å²) in [4.78, 5) is 3.86. The van der Waals surface area contributed by atoms with Gasteiger partial charge in [-0.3, -0.25) is 4.90 Å². The summed E-state index contributed by atoms with van der Waals surface area (Å²) in [7, 11) is 2.22. The van der Waals surface area contributed by atoms with Crippen molar-refractivity contribution in [1.29, 1.82) is 0 Å². The van der Waals surface area contributed by atoms with Crippen LogP contribution in [0.4, 0.5) is 0 Å². The van der Waals surface area contributed by atoms with Gasteiger partial charge >= 0.3 is 0 Å². The van der Waals surface area contributed by atoms with Gasteiger partial charge in [-0.1, -0.05) is 6.07 Å². The van der Waals surface area contributed by atoms with Gasteiger partial charge in [0, 0.05) is 23.2 Å². The Morgan fingerprint density at radius 3 is 3.07 bits per heavy atom. The first-order chi connectivity index (χ1) is 7.33. The van der Waals surface area contributed by atoms with Gasteiger partial charge in [0.1, 0.15) is 0 Å². The van der Waals surface area contributed by atoms with Crippen molar-refractivity contribution in [3.8, 4) is 0 Å². The Balaban J connectivity index is 2.05. The smallest absolute Gasteiger partial charge is 0.0564 e. The standard InChI is InChI=1S/C11H18N2S2/c1-13(9-4-6-14-8-9)10(7-12)11-3-2-5-15-11/h2-3,5,9-10H,4,6-8,12H2,1H3. The van der Waals surface area contributed by atoms with E-state index in [0.717, 1.165) is 6.54 Å². The van der Waals surface area contributed by atoms with Crippen LogP contribution in [0.3, 0.4) is 0 Å². The van der Waals surface area contributed by atoms with Crippen molar-refractivity contribution in [2.45, 2.75) is 18.5 Å². The van der Waals surface area contributed by atoms with Gasteiger partial charge in [-0.05, 0) is 30.7 Å². The molecule has 0 saturated carbocycles. The Labute approximate surface area is 99.8 Å². The lowest BCUT2D eigenvalue weighted by atomic mass is 10.1. The fourth-order valence-electron chi connectivity index (χ4n) is 2.06. The summed E-state index contributed by atoms with van der Waals surface area (Å²) in [6.45, 7) is 0.720. The number of rotatable bonds is 4. The number of thioether (sulfide) groups is 1. The highest BCUT2D eigenvalue weighted by Crippen LogP contribution is 2.30. The van der Waals surface area contributed by atoms with Crippen molar-refractivity contribution in [3.63, 3.8) is 0 Å². The molecule has 1 saturated heterocycles. The Morgan fingerprint density at radius 1 is 1.67 bits per heavy atom. The molecule has 2 rings (SSSR count). The molecule has 1 aromatic heterocycles. The molecule has 15 heavy (non-hydrogen) atoms. The first kappa shape index (κ1) is 11.5. The van der Waals surface area contributed by atoms with Gasteiger partial charge in [-0.15, -0.1) is 11.3 Å². The van der Waals surface area contributed by atoms with E-state index in [1.165, 1.54) is 22.8 Å². The van der Waals surface area contributed by atoms with Crippen molar-refractivity contribution >= 4 is 23.1 Å². The van der Waals surface area contributed by atoms with Crippen molar-refractivity contribution in [2.75, 3.05) is 25.1 Å². The number of nitrogens with two attached hydrogens (primary N) is 1. The summed E-state index contributed by atoms with van der Waals surface area (Å²) < 4.78 is 0. The van der Waals surface area contributed by atoms with E-state index in [2.05, 4.69) is 41.2 Å². The molecule has 2 nitrogen and oxygen atoms in total. The van der Waals surface area contributed by atoms with Crippen LogP contribution >= 0.6 is 23.1 Å². The molecule has 0 aliphatic carbocycles. The first-order valence-electron chi connectivity index (χ1n) is 5.36. The van der Waals surface area contributed by atoms with Gasteiger partial charge in [0.15, 0.2) is 0 Å². The molecule has 2 unspecified atom stereocenters. The van der Waals surface area contributed by atoms with Gasteiger partial charge in [-0.25, -0.2) is 0 Å². The van der Waals surface area contributed by atoms with E-state index in [-0.39, 0.29) is 0 Å². The average molecular weight is 242 g/mol. The van der Waals surface area contributed by atoms with Gasteiger partial charge in [0.25, 0.3) is 0 Å². The van der Waals surface area contributed by atoms with Crippen LogP contribution in [0.2, 0.25) is 0 Å². The number of hydrogen-bond donors (Lipinski definition) is 1. The van der Waals surface area contributed by atoms with Crippen LogP contribution in [0.1, 0.15) is 17.3 Å². The molecule has 2 N–H and O–H groups in total. The molecular formula is C11H18N2S2. The van der Waals surface area contributed by atoms with E-state index in [9.17, 15) is 0 Å². The molecule has 1 aromatic rings. The minimum Gasteiger partial charge on any atom is -0.329 e. The molecule has 0 spiro atoms. The summed E-state index contributed by atoms with van der Waals surface area (Å²) in [5, 5.41) is 2.13. The van der Waals surface area contributed by atoms with E-state index >= 15 is 0 Å². The maximum Gasteiger partial charge on any atom is 0.0564 e. The summed E-state index contributed by atoms with van der Waals surface area (Å²) in [5.41, 5.74) is 5.89. The van der Waals surface area contributed by atoms with E-state index < -0.39 is 0 Å². The quantitative estimate of drug-likeness (QED) is 0.877. The molecule has 84 valence electrons. The van der Waals surface area contributed by atoms with Crippen molar-refractivity contribution in [3.05, 3.63) is 22.4 Å². The fraction of sp³-hybridized carbons (Fsp3) is 0.636. The Hall–Kier alpha value is -0.0300. The number of thiophene rings is 1. The van der Waals surface area contributed by atoms with Crippen molar-refractivity contribution in [2.24, 2.45) is 5.73 Å². The van der Waals surface area contributed by atoms with Gasteiger partial charge in [0.2, 0.25) is 0 Å². The topological polar surface area (TPSA) is 29.3 Å². The van der Waals surface area contributed by atoms with Crippen molar-refractivity contribution < 1.29 is 0 Å². The highest BCUT2D eigenvalue weighted by atomic mass is 32.2. The molecule has 2 atom stereocenters. The summed E-state index contributed by atoms with van der Waals surface area (Å²) in [6, 6.07) is 5.43. The Bertz CT molecular complexity index is 281. The van der Waals surface area contributed by atoms with E-state index in [1.807, 2.05) is 11.3 Å². The maximum atomic E-state index is 5.89. The molecule has 0 bridgehead atoms. The van der Waals surface area contributed by atoms with Crippen LogP contribution in [-0.2, 0) is 0 Å². The highest BCUT2D eigenvalue weighted by molar-refractivity contribution is 7.99. The minimum absolute atomic E-state index is 0.411. The fourth-order valence-corrected chi connectivity index (χ4v) is 4.23. The zero-order chi connectivity index (χ0) is 10.7. The van der Waals surface area contributed by atoms with Crippen LogP contribution in [0, 0.1) is 0 Å². The molecule has 1 aliphatic rings. The molecule has 0 radical (unpaired) electrons. The van der Waals surface area contributed by atoms with Gasteiger partial charge in [-0.2, -0.15) is 11.8 Å². The maximum absolute atomic E-state index is 5.89. The van der Waals surface area contributed by atoms with E-state index in [0.29, 0.717) is 12.1 Å². The highest BCUT2D eigenvalue weighted by Gasteiger charge is 2.26. The summed E-state index contributed by atoms with van der Waals surface area (Å²) in [5.74, 6) is 2.56. The number of hydrogen-bond acceptors (Lipinski definition) is 4. The lowest BCUT2D eigenvalue weighted by molar-refractivity contribution is 0.195. The predicted octanol–water partition coefficient (Wildman–Crippen LogP) is 2.19. The monoisotopic (exact) mass is 242 g/mol. The third-order valence-corrected chi connectivity index (χ3v) is 5.19. The summed E-state index contributed by atoms with van der Waals surface area (Å²) in [6.07, 6.45) is 1.31. The van der Waals surface area contributed by atoms with E-state index in [4.69, 9.17) is 5.73 Å². The lowest BCUT2D eigenvalue weighted by Crippen LogP contribution is -2.38. The molecule has 0 aromatic carbocycles. The van der Waals surface area contributed by atoms with Crippen LogP contribution in [0.15, 0.2) is 17.5 Å². The van der Waals surface area contributed by atoms with Crippen molar-refractivity contribution in [1.82, 2.24) is 4.90 Å². The number of nitrogens with zero attached hydrogens (tertiary/aromatic N) is 1. The largest absolute Gasteiger partial charge is 0.329 e. The molecular weight excluding hydrogens is 224 g/mol. The van der Waals surface area contributed by atoms with Gasteiger partial charge < -0.3 is 5.73 Å². The second-order valence-electron chi connectivity index (χ2n) is 3.95. The lowest BCUT2D eigenvalue weighted by Gasteiger charge is -2.31. The van der Waals surface area contributed by atoms with E-state index in [1.54, 1.807) is 0 Å². The molecule has 1 aliphatic heterocycles. The molecule has 4 heteroatoms. The Kier molecular flexibility index (Phi) is 4.08. The van der Waals surface area contributed by atoms with Crippen LogP contribution in [0.5, 0.6) is 0 Å². The SMILES string of the molecule is CN(C1CCSC1)C(CN)c1cccs1. The van der Waals surface area contributed by atoms with Crippen LogP contribution in [-0.4, -0.2) is 36.0 Å². The molecule has 0 amide bonds. The molecule has 2 heterocycles. The third kappa shape index (κ3) is 2.56. The zero-order valence-electron chi connectivity index (χ0n) is 9.06. The van der Waals surface area contributed by atoms with Gasteiger partial charge in [0.05, 0.1) is 6.04 Å².